The Bertz CT molecular complexity index is 1390. The molecular formula is C58H108O12S. The molecule has 4 N–H and O–H groups in total. The fraction of sp³-hybridized carbons (Fsp3) is 0.897. The number of hydrogen-bond acceptors (Lipinski definition) is 11. The quantitative estimate of drug-likeness (QED) is 0.0196. The smallest absolute Gasteiger partial charge is 0.306 e. The zero-order valence-corrected chi connectivity index (χ0v) is 46.2. The molecule has 71 heavy (non-hydrogen) atoms. The molecule has 1 aliphatic heterocycles. The van der Waals surface area contributed by atoms with Crippen LogP contribution >= 0.6 is 0 Å². The lowest BCUT2D eigenvalue weighted by atomic mass is 10.00. The molecule has 13 heteroatoms. The van der Waals surface area contributed by atoms with Crippen LogP contribution in [0, 0.1) is 0 Å². The summed E-state index contributed by atoms with van der Waals surface area (Å²) in [6.07, 6.45) is 47.9. The molecule has 6 atom stereocenters. The molecule has 418 valence electrons. The summed E-state index contributed by atoms with van der Waals surface area (Å²) in [5, 5.41) is 31.1. The van der Waals surface area contributed by atoms with Crippen LogP contribution in [-0.4, -0.2) is 96.0 Å². The number of ether oxygens (including phenoxy) is 4. The van der Waals surface area contributed by atoms with Crippen molar-refractivity contribution in [1.82, 2.24) is 0 Å². The molecule has 1 aliphatic rings. The first-order valence-electron chi connectivity index (χ1n) is 29.4. The molecule has 0 radical (unpaired) electrons. The van der Waals surface area contributed by atoms with E-state index in [9.17, 15) is 37.9 Å². The summed E-state index contributed by atoms with van der Waals surface area (Å²) < 4.78 is 54.4. The van der Waals surface area contributed by atoms with Crippen LogP contribution in [0.5, 0.6) is 0 Å². The van der Waals surface area contributed by atoms with Gasteiger partial charge in [0.05, 0.1) is 6.61 Å². The van der Waals surface area contributed by atoms with Crippen LogP contribution in [0.25, 0.3) is 0 Å². The van der Waals surface area contributed by atoms with E-state index >= 15 is 0 Å². The minimum absolute atomic E-state index is 0.165. The fourth-order valence-corrected chi connectivity index (χ4v) is 9.93. The van der Waals surface area contributed by atoms with E-state index in [1.807, 2.05) is 0 Å². The van der Waals surface area contributed by atoms with Crippen molar-refractivity contribution in [3.05, 3.63) is 24.3 Å². The van der Waals surface area contributed by atoms with Crippen LogP contribution in [-0.2, 0) is 38.7 Å². The molecule has 0 aromatic carbocycles. The molecule has 0 bridgehead atoms. The summed E-state index contributed by atoms with van der Waals surface area (Å²) in [6.45, 7) is 3.81. The Morgan fingerprint density at radius 1 is 0.479 bits per heavy atom. The van der Waals surface area contributed by atoms with Crippen molar-refractivity contribution in [3.63, 3.8) is 0 Å². The van der Waals surface area contributed by atoms with Crippen LogP contribution in [0.4, 0.5) is 0 Å². The van der Waals surface area contributed by atoms with Crippen molar-refractivity contribution < 1.29 is 56.8 Å². The Morgan fingerprint density at radius 3 is 1.24 bits per heavy atom. The van der Waals surface area contributed by atoms with Gasteiger partial charge in [0, 0.05) is 12.8 Å². The molecule has 1 saturated heterocycles. The van der Waals surface area contributed by atoms with Gasteiger partial charge in [0.2, 0.25) is 0 Å². The number of rotatable bonds is 51. The van der Waals surface area contributed by atoms with E-state index in [2.05, 4.69) is 38.2 Å². The first-order valence-corrected chi connectivity index (χ1v) is 31.0. The van der Waals surface area contributed by atoms with E-state index in [0.717, 1.165) is 44.9 Å². The van der Waals surface area contributed by atoms with Crippen LogP contribution in [0.2, 0.25) is 0 Å². The van der Waals surface area contributed by atoms with Crippen molar-refractivity contribution in [2.24, 2.45) is 0 Å². The molecule has 0 spiro atoms. The average molecular weight is 1030 g/mol. The summed E-state index contributed by atoms with van der Waals surface area (Å²) >= 11 is 0. The lowest BCUT2D eigenvalue weighted by Crippen LogP contribution is -2.60. The molecule has 0 saturated carbocycles. The number of aliphatic hydroxyl groups is 3. The molecule has 1 fully saturated rings. The zero-order chi connectivity index (χ0) is 51.9. The normalized spacial score (nSPS) is 19.0. The molecule has 0 aromatic rings. The second kappa shape index (κ2) is 47.8. The van der Waals surface area contributed by atoms with Gasteiger partial charge in [-0.2, -0.15) is 8.42 Å². The maximum atomic E-state index is 12.9. The maximum Gasteiger partial charge on any atom is 0.306 e. The number of hydrogen-bond donors (Lipinski definition) is 4. The van der Waals surface area contributed by atoms with Crippen LogP contribution in [0.15, 0.2) is 24.3 Å². The monoisotopic (exact) mass is 1030 g/mol. The number of allylic oxidation sites excluding steroid dienone is 4. The van der Waals surface area contributed by atoms with Gasteiger partial charge in [0.15, 0.2) is 12.4 Å². The van der Waals surface area contributed by atoms with E-state index < -0.39 is 71.2 Å². The predicted octanol–water partition coefficient (Wildman–Crippen LogP) is 14.3. The molecule has 6 unspecified atom stereocenters. The third-order valence-electron chi connectivity index (χ3n) is 13.8. The van der Waals surface area contributed by atoms with Crippen molar-refractivity contribution in [2.75, 3.05) is 19.0 Å². The molecule has 0 amide bonds. The standard InChI is InChI=1S/C58H108O12S/c1-3-5-7-9-11-13-15-17-19-21-23-25-26-27-29-31-33-35-37-39-41-43-45-47-54(60)69-51(49-68-58-57(63)56(62)55(61)52(70-58)50-71(64,65)66)48-67-53(59)46-44-42-40-38-36-34-32-30-28-24-22-20-18-16-14-12-10-8-6-4-2/h15,17,21,23,51-52,55-58,61-63H,3-14,16,18-20,22,24-50H2,1-2H3,(H,64,65,66)/b17-15-,23-21-. The van der Waals surface area contributed by atoms with E-state index in [1.165, 1.54) is 193 Å². The third kappa shape index (κ3) is 42.1. The Kier molecular flexibility index (Phi) is 45.2. The highest BCUT2D eigenvalue weighted by atomic mass is 32.2. The van der Waals surface area contributed by atoms with E-state index in [1.54, 1.807) is 0 Å². The van der Waals surface area contributed by atoms with Crippen molar-refractivity contribution in [3.8, 4) is 0 Å². The van der Waals surface area contributed by atoms with E-state index in [-0.39, 0.29) is 19.4 Å². The topological polar surface area (TPSA) is 186 Å². The number of carbonyl (C=O) groups excluding carboxylic acids is 2. The summed E-state index contributed by atoms with van der Waals surface area (Å²) in [7, 11) is -4.61. The molecule has 1 rings (SSSR count). The summed E-state index contributed by atoms with van der Waals surface area (Å²) in [5.74, 6) is -1.97. The average Bonchev–Trinajstić information content (AvgIpc) is 3.34. The van der Waals surface area contributed by atoms with Gasteiger partial charge in [-0.25, -0.2) is 0 Å². The lowest BCUT2D eigenvalue weighted by molar-refractivity contribution is -0.297. The van der Waals surface area contributed by atoms with Crippen LogP contribution < -0.4 is 0 Å². The second-order valence-electron chi connectivity index (χ2n) is 20.7. The number of carbonyl (C=O) groups is 2. The first kappa shape index (κ1) is 67.1. The largest absolute Gasteiger partial charge is 0.462 e. The Labute approximate surface area is 434 Å². The molecule has 0 aliphatic carbocycles. The fourth-order valence-electron chi connectivity index (χ4n) is 9.24. The highest BCUT2D eigenvalue weighted by Crippen LogP contribution is 2.24. The highest BCUT2D eigenvalue weighted by molar-refractivity contribution is 7.85. The maximum absolute atomic E-state index is 12.9. The van der Waals surface area contributed by atoms with Gasteiger partial charge in [-0.15, -0.1) is 0 Å². The van der Waals surface area contributed by atoms with Crippen molar-refractivity contribution >= 4 is 22.1 Å². The van der Waals surface area contributed by atoms with Crippen molar-refractivity contribution in [2.45, 2.75) is 314 Å². The Morgan fingerprint density at radius 2 is 0.845 bits per heavy atom. The number of aliphatic hydroxyl groups excluding tert-OH is 3. The van der Waals surface area contributed by atoms with E-state index in [0.29, 0.717) is 12.8 Å². The van der Waals surface area contributed by atoms with Gasteiger partial charge in [0.25, 0.3) is 10.1 Å². The highest BCUT2D eigenvalue weighted by Gasteiger charge is 2.46. The van der Waals surface area contributed by atoms with Gasteiger partial charge >= 0.3 is 11.9 Å². The van der Waals surface area contributed by atoms with Gasteiger partial charge < -0.3 is 34.3 Å². The summed E-state index contributed by atoms with van der Waals surface area (Å²) in [4.78, 5) is 25.6. The Balaban J connectivity index is 2.29. The minimum Gasteiger partial charge on any atom is -0.462 e. The zero-order valence-electron chi connectivity index (χ0n) is 45.3. The van der Waals surface area contributed by atoms with Crippen LogP contribution in [0.3, 0.4) is 0 Å². The van der Waals surface area contributed by atoms with Crippen molar-refractivity contribution in [1.29, 1.82) is 0 Å². The van der Waals surface area contributed by atoms with Crippen LogP contribution in [0.1, 0.15) is 277 Å². The molecule has 0 aromatic heterocycles. The van der Waals surface area contributed by atoms with Gasteiger partial charge in [-0.1, -0.05) is 244 Å². The van der Waals surface area contributed by atoms with Gasteiger partial charge in [-0.05, 0) is 44.9 Å². The lowest BCUT2D eigenvalue weighted by Gasteiger charge is -2.40. The number of esters is 2. The van der Waals surface area contributed by atoms with E-state index in [4.69, 9.17) is 18.9 Å². The second-order valence-corrected chi connectivity index (χ2v) is 22.2. The Hall–Kier alpha value is -1.87. The molecular weight excluding hydrogens is 921 g/mol. The first-order chi connectivity index (χ1) is 34.5. The van der Waals surface area contributed by atoms with Gasteiger partial charge in [0.1, 0.15) is 36.8 Å². The summed E-state index contributed by atoms with van der Waals surface area (Å²) in [5.41, 5.74) is 0. The summed E-state index contributed by atoms with van der Waals surface area (Å²) in [6, 6.07) is 0. The SMILES string of the molecule is CCCCCCC/C=C\C/C=C\CCCCCCCCCCCCCC(=O)OC(COC(=O)CCCCCCCCCCCCCCCCCCCCCC)COC1OC(CS(=O)(=O)O)C(O)C(O)C1O. The molecule has 12 nitrogen and oxygen atoms in total. The minimum atomic E-state index is -4.61. The third-order valence-corrected chi connectivity index (χ3v) is 14.5. The van der Waals surface area contributed by atoms with Gasteiger partial charge in [-0.3, -0.25) is 14.1 Å². The number of unbranched alkanes of at least 4 members (excludes halogenated alkanes) is 35. The predicted molar refractivity (Wildman–Crippen MR) is 289 cm³/mol. The molecule has 1 heterocycles.